The van der Waals surface area contributed by atoms with E-state index in [2.05, 4.69) is 0 Å². The molecule has 0 fully saturated rings. The average Bonchev–Trinajstić information content (AvgIpc) is 2.14. The molecule has 0 N–H and O–H groups in total. The second-order valence-electron chi connectivity index (χ2n) is 3.85. The number of rotatable bonds is 4. The molecule has 0 unspecified atom stereocenters. The van der Waals surface area contributed by atoms with Gasteiger partial charge in [-0.15, -0.1) is 3.89 Å². The quantitative estimate of drug-likeness (QED) is 0.745. The van der Waals surface area contributed by atoms with Gasteiger partial charge >= 0.3 is 10.2 Å². The van der Waals surface area contributed by atoms with Crippen LogP contribution >= 0.6 is 0 Å². The molecule has 0 atom stereocenters. The first-order valence-electron chi connectivity index (χ1n) is 4.90. The monoisotopic (exact) mass is 230 g/mol. The van der Waals surface area contributed by atoms with Gasteiger partial charge in [0.25, 0.3) is 0 Å². The molecular weight excluding hydrogens is 215 g/mol. The third kappa shape index (κ3) is 4.00. The maximum absolute atomic E-state index is 12.4. The number of hydrogen-bond donors (Lipinski definition) is 0. The van der Waals surface area contributed by atoms with E-state index in [4.69, 9.17) is 0 Å². The summed E-state index contributed by atoms with van der Waals surface area (Å²) >= 11 is 0. The van der Waals surface area contributed by atoms with Crippen molar-refractivity contribution in [1.29, 1.82) is 0 Å². The van der Waals surface area contributed by atoms with E-state index in [9.17, 15) is 12.3 Å². The zero-order valence-electron chi connectivity index (χ0n) is 8.90. The van der Waals surface area contributed by atoms with Crippen molar-refractivity contribution in [1.82, 2.24) is 0 Å². The molecule has 1 aromatic carbocycles. The highest BCUT2D eigenvalue weighted by Crippen LogP contribution is 2.19. The average molecular weight is 230 g/mol. The molecule has 0 spiro atoms. The third-order valence-electron chi connectivity index (χ3n) is 2.29. The lowest BCUT2D eigenvalue weighted by Gasteiger charge is -2.11. The first kappa shape index (κ1) is 12.2. The fourth-order valence-electron chi connectivity index (χ4n) is 1.56. The molecule has 0 aromatic heterocycles. The fourth-order valence-corrected chi connectivity index (χ4v) is 2.02. The van der Waals surface area contributed by atoms with Crippen LogP contribution in [0.3, 0.4) is 0 Å². The highest BCUT2D eigenvalue weighted by Gasteiger charge is 2.11. The maximum Gasteiger partial charge on any atom is 0.302 e. The lowest BCUT2D eigenvalue weighted by atomic mass is 9.96. The van der Waals surface area contributed by atoms with Crippen molar-refractivity contribution in [2.24, 2.45) is 0 Å². The molecule has 2 nitrogen and oxygen atoms in total. The Hall–Kier alpha value is -0.900. The number of hydrogen-bond acceptors (Lipinski definition) is 2. The van der Waals surface area contributed by atoms with E-state index in [1.165, 1.54) is 0 Å². The van der Waals surface area contributed by atoms with Crippen LogP contribution in [0.15, 0.2) is 24.3 Å². The Morgan fingerprint density at radius 1 is 1.27 bits per heavy atom. The summed E-state index contributed by atoms with van der Waals surface area (Å²) < 4.78 is 33.2. The number of benzene rings is 1. The van der Waals surface area contributed by atoms with Gasteiger partial charge in [0.05, 0.1) is 5.75 Å². The number of aryl methyl sites for hydroxylation is 1. The normalized spacial score (nSPS) is 12.0. The molecule has 0 bridgehead atoms. The topological polar surface area (TPSA) is 34.1 Å². The molecule has 1 aromatic rings. The minimum absolute atomic E-state index is 0.243. The van der Waals surface area contributed by atoms with Gasteiger partial charge in [-0.1, -0.05) is 38.1 Å². The van der Waals surface area contributed by atoms with Crippen LogP contribution in [0.1, 0.15) is 30.9 Å². The Morgan fingerprint density at radius 3 is 2.40 bits per heavy atom. The van der Waals surface area contributed by atoms with Crippen LogP contribution < -0.4 is 0 Å². The van der Waals surface area contributed by atoms with Gasteiger partial charge in [-0.2, -0.15) is 8.42 Å². The van der Waals surface area contributed by atoms with Crippen molar-refractivity contribution in [2.75, 3.05) is 5.75 Å². The lowest BCUT2D eigenvalue weighted by Crippen LogP contribution is -2.05. The zero-order valence-corrected chi connectivity index (χ0v) is 9.72. The van der Waals surface area contributed by atoms with E-state index in [1.54, 1.807) is 0 Å². The van der Waals surface area contributed by atoms with E-state index in [-0.39, 0.29) is 6.42 Å². The van der Waals surface area contributed by atoms with Crippen molar-refractivity contribution in [3.8, 4) is 0 Å². The van der Waals surface area contributed by atoms with E-state index in [1.807, 2.05) is 38.1 Å². The van der Waals surface area contributed by atoms with E-state index >= 15 is 0 Å². The van der Waals surface area contributed by atoms with Crippen molar-refractivity contribution >= 4 is 10.2 Å². The number of halogens is 1. The highest BCUT2D eigenvalue weighted by molar-refractivity contribution is 7.86. The Bertz CT molecular complexity index is 424. The molecule has 0 aliphatic rings. The lowest BCUT2D eigenvalue weighted by molar-refractivity contribution is 0.551. The van der Waals surface area contributed by atoms with Gasteiger partial charge in [-0.05, 0) is 23.5 Å². The predicted octanol–water partition coefficient (Wildman–Crippen LogP) is 2.65. The van der Waals surface area contributed by atoms with Gasteiger partial charge in [0, 0.05) is 0 Å². The van der Waals surface area contributed by atoms with Gasteiger partial charge in [-0.25, -0.2) is 0 Å². The molecule has 0 aliphatic carbocycles. The summed E-state index contributed by atoms with van der Waals surface area (Å²) in [6.07, 6.45) is 0.243. The van der Waals surface area contributed by atoms with Crippen LogP contribution in [0.2, 0.25) is 0 Å². The Kier molecular flexibility index (Phi) is 3.85. The molecule has 4 heteroatoms. The SMILES string of the molecule is CC(C)c1ccccc1CCS(=O)(=O)F. The second-order valence-corrected chi connectivity index (χ2v) is 5.33. The highest BCUT2D eigenvalue weighted by atomic mass is 32.3. The van der Waals surface area contributed by atoms with Gasteiger partial charge < -0.3 is 0 Å². The fraction of sp³-hybridized carbons (Fsp3) is 0.455. The Labute approximate surface area is 90.3 Å². The Morgan fingerprint density at radius 2 is 1.87 bits per heavy atom. The molecular formula is C11H15FO2S. The summed E-state index contributed by atoms with van der Waals surface area (Å²) in [6.45, 7) is 4.06. The molecule has 0 radical (unpaired) electrons. The van der Waals surface area contributed by atoms with Gasteiger partial charge in [0.15, 0.2) is 0 Å². The van der Waals surface area contributed by atoms with Crippen molar-refractivity contribution in [3.05, 3.63) is 35.4 Å². The zero-order chi connectivity index (χ0) is 11.5. The predicted molar refractivity (Wildman–Crippen MR) is 59.1 cm³/mol. The van der Waals surface area contributed by atoms with Gasteiger partial charge in [0.1, 0.15) is 0 Å². The smallest absolute Gasteiger partial charge is 0.195 e. The minimum Gasteiger partial charge on any atom is -0.195 e. The molecule has 0 amide bonds. The van der Waals surface area contributed by atoms with E-state index < -0.39 is 16.0 Å². The summed E-state index contributed by atoms with van der Waals surface area (Å²) in [5.41, 5.74) is 2.00. The van der Waals surface area contributed by atoms with Crippen molar-refractivity contribution < 1.29 is 12.3 Å². The minimum atomic E-state index is -4.36. The molecule has 84 valence electrons. The third-order valence-corrected chi connectivity index (χ3v) is 2.98. The van der Waals surface area contributed by atoms with Crippen LogP contribution in [0.4, 0.5) is 3.89 Å². The molecule has 1 rings (SSSR count). The second kappa shape index (κ2) is 4.75. The van der Waals surface area contributed by atoms with Crippen LogP contribution in [0, 0.1) is 0 Å². The molecule has 0 saturated heterocycles. The van der Waals surface area contributed by atoms with Gasteiger partial charge in [0.2, 0.25) is 0 Å². The summed E-state index contributed by atoms with van der Waals surface area (Å²) in [4.78, 5) is 0. The van der Waals surface area contributed by atoms with Crippen LogP contribution in [0.5, 0.6) is 0 Å². The maximum atomic E-state index is 12.4. The molecule has 0 aliphatic heterocycles. The van der Waals surface area contributed by atoms with Gasteiger partial charge in [-0.3, -0.25) is 0 Å². The van der Waals surface area contributed by atoms with E-state index in [0.29, 0.717) is 5.92 Å². The van der Waals surface area contributed by atoms with Crippen LogP contribution in [-0.2, 0) is 16.6 Å². The Balaban J connectivity index is 2.85. The van der Waals surface area contributed by atoms with Crippen LogP contribution in [0.25, 0.3) is 0 Å². The standard InChI is InChI=1S/C11H15FO2S/c1-9(2)11-6-4-3-5-10(11)7-8-15(12,13)14/h3-6,9H,7-8H2,1-2H3. The molecule has 0 heterocycles. The first-order chi connectivity index (χ1) is 6.90. The van der Waals surface area contributed by atoms with Crippen molar-refractivity contribution in [2.45, 2.75) is 26.2 Å². The van der Waals surface area contributed by atoms with E-state index in [0.717, 1.165) is 11.1 Å². The first-order valence-corrected chi connectivity index (χ1v) is 6.45. The molecule has 15 heavy (non-hydrogen) atoms. The summed E-state index contributed by atoms with van der Waals surface area (Å²) in [6, 6.07) is 7.54. The summed E-state index contributed by atoms with van der Waals surface area (Å²) in [7, 11) is -4.36. The van der Waals surface area contributed by atoms with Crippen molar-refractivity contribution in [3.63, 3.8) is 0 Å². The molecule has 0 saturated carbocycles. The summed E-state index contributed by atoms with van der Waals surface area (Å²) in [5, 5.41) is 0. The largest absolute Gasteiger partial charge is 0.302 e. The van der Waals surface area contributed by atoms with Crippen LogP contribution in [-0.4, -0.2) is 14.2 Å². The summed E-state index contributed by atoms with van der Waals surface area (Å²) in [5.74, 6) is -0.111.